The van der Waals surface area contributed by atoms with Crippen molar-refractivity contribution in [3.8, 4) is 5.75 Å². The van der Waals surface area contributed by atoms with Crippen LogP contribution in [-0.4, -0.2) is 68.5 Å². The second-order valence-electron chi connectivity index (χ2n) is 6.52. The van der Waals surface area contributed by atoms with E-state index in [1.807, 2.05) is 23.1 Å². The molecule has 0 unspecified atom stereocenters. The van der Waals surface area contributed by atoms with E-state index in [1.54, 1.807) is 19.1 Å². The topological polar surface area (TPSA) is 53.1 Å². The molecule has 0 bridgehead atoms. The molecule has 1 aromatic rings. The molecule has 2 aliphatic heterocycles. The average molecular weight is 331 g/mol. The molecule has 130 valence electrons. The lowest BCUT2D eigenvalue weighted by molar-refractivity contribution is -0.144. The summed E-state index contributed by atoms with van der Waals surface area (Å²) in [5.74, 6) is 0.921. The summed E-state index contributed by atoms with van der Waals surface area (Å²) in [4.78, 5) is 30.4. The van der Waals surface area contributed by atoms with Gasteiger partial charge in [-0.3, -0.25) is 9.59 Å². The summed E-state index contributed by atoms with van der Waals surface area (Å²) in [6.45, 7) is 3.70. The van der Waals surface area contributed by atoms with Gasteiger partial charge in [-0.25, -0.2) is 0 Å². The number of piperazine rings is 1. The molecule has 0 spiro atoms. The summed E-state index contributed by atoms with van der Waals surface area (Å²) < 4.78 is 5.28. The number of benzene rings is 1. The Labute approximate surface area is 143 Å². The van der Waals surface area contributed by atoms with Gasteiger partial charge in [0.2, 0.25) is 11.8 Å². The maximum Gasteiger partial charge on any atom is 0.226 e. The van der Waals surface area contributed by atoms with Gasteiger partial charge >= 0.3 is 0 Å². The summed E-state index contributed by atoms with van der Waals surface area (Å²) in [5, 5.41) is 0. The number of ether oxygens (including phenoxy) is 1. The lowest BCUT2D eigenvalue weighted by Gasteiger charge is -2.38. The number of amides is 2. The van der Waals surface area contributed by atoms with Crippen molar-refractivity contribution >= 4 is 17.5 Å². The van der Waals surface area contributed by atoms with Crippen LogP contribution in [0.15, 0.2) is 24.3 Å². The molecule has 1 aromatic carbocycles. The quantitative estimate of drug-likeness (QED) is 0.835. The predicted octanol–water partition coefficient (Wildman–Crippen LogP) is 1.21. The van der Waals surface area contributed by atoms with Crippen LogP contribution in [0.5, 0.6) is 5.75 Å². The second kappa shape index (κ2) is 7.11. The minimum Gasteiger partial charge on any atom is -0.497 e. The van der Waals surface area contributed by atoms with Crippen LogP contribution in [0.3, 0.4) is 0 Å². The monoisotopic (exact) mass is 331 g/mol. The lowest BCUT2D eigenvalue weighted by atomic mass is 9.94. The van der Waals surface area contributed by atoms with E-state index in [9.17, 15) is 9.59 Å². The van der Waals surface area contributed by atoms with Gasteiger partial charge in [0.25, 0.3) is 0 Å². The molecule has 3 rings (SSSR count). The predicted molar refractivity (Wildman–Crippen MR) is 92.1 cm³/mol. The van der Waals surface area contributed by atoms with Crippen molar-refractivity contribution in [1.82, 2.24) is 9.80 Å². The molecule has 0 aliphatic carbocycles. The fraction of sp³-hybridized carbons (Fsp3) is 0.556. The minimum absolute atomic E-state index is 0.0783. The molecule has 6 heteroatoms. The molecule has 0 saturated carbocycles. The molecule has 6 nitrogen and oxygen atoms in total. The summed E-state index contributed by atoms with van der Waals surface area (Å²) in [5.41, 5.74) is 1.12. The van der Waals surface area contributed by atoms with Crippen molar-refractivity contribution in [2.24, 2.45) is 5.92 Å². The van der Waals surface area contributed by atoms with E-state index in [0.29, 0.717) is 26.1 Å². The highest BCUT2D eigenvalue weighted by Crippen LogP contribution is 2.24. The van der Waals surface area contributed by atoms with Crippen molar-refractivity contribution in [1.29, 1.82) is 0 Å². The maximum atomic E-state index is 12.7. The fourth-order valence-electron chi connectivity index (χ4n) is 3.40. The standard InChI is InChI=1S/C18H25N3O3/c1-19-7-6-14(12-17(19)22)18(23)21-10-8-20(9-11-21)15-4-3-5-16(13-15)24-2/h3-5,13-14H,6-12H2,1-2H3/t14-/m1/s1. The third kappa shape index (κ3) is 3.47. The van der Waals surface area contributed by atoms with E-state index in [1.165, 1.54) is 0 Å². The number of anilines is 1. The van der Waals surface area contributed by atoms with E-state index in [4.69, 9.17) is 4.74 Å². The SMILES string of the molecule is COc1cccc(N2CCN(C(=O)[C@@H]3CCN(C)C(=O)C3)CC2)c1. The molecule has 0 aromatic heterocycles. The number of nitrogens with zero attached hydrogens (tertiary/aromatic N) is 3. The summed E-state index contributed by atoms with van der Waals surface area (Å²) in [6.07, 6.45) is 1.13. The molecular formula is C18H25N3O3. The Kier molecular flexibility index (Phi) is 4.92. The number of carbonyl (C=O) groups is 2. The Morgan fingerprint density at radius 2 is 1.92 bits per heavy atom. The smallest absolute Gasteiger partial charge is 0.226 e. The lowest BCUT2D eigenvalue weighted by Crippen LogP contribution is -2.52. The van der Waals surface area contributed by atoms with Crippen LogP contribution < -0.4 is 9.64 Å². The van der Waals surface area contributed by atoms with Crippen molar-refractivity contribution in [2.75, 3.05) is 51.8 Å². The Morgan fingerprint density at radius 3 is 2.58 bits per heavy atom. The first-order valence-corrected chi connectivity index (χ1v) is 8.50. The molecule has 2 heterocycles. The Morgan fingerprint density at radius 1 is 1.17 bits per heavy atom. The van der Waals surface area contributed by atoms with Gasteiger partial charge < -0.3 is 19.4 Å². The number of rotatable bonds is 3. The van der Waals surface area contributed by atoms with E-state index in [0.717, 1.165) is 30.9 Å². The van der Waals surface area contributed by atoms with Crippen molar-refractivity contribution in [3.63, 3.8) is 0 Å². The highest BCUT2D eigenvalue weighted by atomic mass is 16.5. The Balaban J connectivity index is 1.56. The van der Waals surface area contributed by atoms with E-state index < -0.39 is 0 Å². The zero-order valence-electron chi connectivity index (χ0n) is 14.4. The maximum absolute atomic E-state index is 12.7. The van der Waals surface area contributed by atoms with Crippen molar-refractivity contribution in [2.45, 2.75) is 12.8 Å². The average Bonchev–Trinajstić information content (AvgIpc) is 2.63. The third-order valence-electron chi connectivity index (χ3n) is 5.02. The van der Waals surface area contributed by atoms with Crippen molar-refractivity contribution in [3.05, 3.63) is 24.3 Å². The van der Waals surface area contributed by atoms with E-state index >= 15 is 0 Å². The normalized spacial score (nSPS) is 21.8. The first-order valence-electron chi connectivity index (χ1n) is 8.50. The first-order chi connectivity index (χ1) is 11.6. The highest BCUT2D eigenvalue weighted by molar-refractivity contribution is 5.87. The van der Waals surface area contributed by atoms with Crippen LogP contribution in [0, 0.1) is 5.92 Å². The zero-order valence-corrected chi connectivity index (χ0v) is 14.4. The van der Waals surface area contributed by atoms with Crippen LogP contribution in [-0.2, 0) is 9.59 Å². The molecule has 2 fully saturated rings. The van der Waals surface area contributed by atoms with Gasteiger partial charge in [-0.05, 0) is 18.6 Å². The molecular weight excluding hydrogens is 306 g/mol. The second-order valence-corrected chi connectivity index (χ2v) is 6.52. The van der Waals surface area contributed by atoms with Gasteiger partial charge in [-0.15, -0.1) is 0 Å². The largest absolute Gasteiger partial charge is 0.497 e. The van der Waals surface area contributed by atoms with E-state index in [2.05, 4.69) is 11.0 Å². The molecule has 2 saturated heterocycles. The zero-order chi connectivity index (χ0) is 17.1. The number of hydrogen-bond acceptors (Lipinski definition) is 4. The molecule has 2 amide bonds. The Bertz CT molecular complexity index is 611. The van der Waals surface area contributed by atoms with Gasteiger partial charge in [0, 0.05) is 63.9 Å². The van der Waals surface area contributed by atoms with Crippen LogP contribution >= 0.6 is 0 Å². The number of methoxy groups -OCH3 is 1. The molecule has 0 radical (unpaired) electrons. The number of carbonyl (C=O) groups excluding carboxylic acids is 2. The molecule has 1 atom stereocenters. The Hall–Kier alpha value is -2.24. The van der Waals surface area contributed by atoms with E-state index in [-0.39, 0.29) is 17.7 Å². The number of piperidine rings is 1. The highest BCUT2D eigenvalue weighted by Gasteiger charge is 2.32. The fourth-order valence-corrected chi connectivity index (χ4v) is 3.40. The van der Waals surface area contributed by atoms with Crippen LogP contribution in [0.1, 0.15) is 12.8 Å². The number of hydrogen-bond donors (Lipinski definition) is 0. The van der Waals surface area contributed by atoms with Gasteiger partial charge in [-0.2, -0.15) is 0 Å². The van der Waals surface area contributed by atoms with Gasteiger partial charge in [-0.1, -0.05) is 6.07 Å². The van der Waals surface area contributed by atoms with Crippen LogP contribution in [0.2, 0.25) is 0 Å². The van der Waals surface area contributed by atoms with Crippen LogP contribution in [0.25, 0.3) is 0 Å². The molecule has 0 N–H and O–H groups in total. The third-order valence-corrected chi connectivity index (χ3v) is 5.02. The first kappa shape index (κ1) is 16.6. The van der Waals surface area contributed by atoms with Crippen molar-refractivity contribution < 1.29 is 14.3 Å². The number of likely N-dealkylation sites (tertiary alicyclic amines) is 1. The minimum atomic E-state index is -0.142. The summed E-state index contributed by atoms with van der Waals surface area (Å²) in [6, 6.07) is 8.00. The molecule has 24 heavy (non-hydrogen) atoms. The van der Waals surface area contributed by atoms with Crippen LogP contribution in [0.4, 0.5) is 5.69 Å². The van der Waals surface area contributed by atoms with Gasteiger partial charge in [0.1, 0.15) is 5.75 Å². The summed E-state index contributed by atoms with van der Waals surface area (Å²) in [7, 11) is 3.47. The summed E-state index contributed by atoms with van der Waals surface area (Å²) >= 11 is 0. The molecule has 2 aliphatic rings. The van der Waals surface area contributed by atoms with Gasteiger partial charge in [0.15, 0.2) is 0 Å². The van der Waals surface area contributed by atoms with Gasteiger partial charge in [0.05, 0.1) is 7.11 Å².